The van der Waals surface area contributed by atoms with Crippen LogP contribution in [0.15, 0.2) is 95.5 Å². The van der Waals surface area contributed by atoms with E-state index < -0.39 is 12.2 Å². The molecule has 0 N–H and O–H groups in total. The van der Waals surface area contributed by atoms with Gasteiger partial charge in [0.25, 0.3) is 0 Å². The van der Waals surface area contributed by atoms with E-state index in [1.165, 1.54) is 0 Å². The fourth-order valence-electron chi connectivity index (χ4n) is 5.02. The highest BCUT2D eigenvalue weighted by Gasteiger charge is 2.22. The number of hydrogen-bond donors (Lipinski definition) is 0. The van der Waals surface area contributed by atoms with Crippen LogP contribution in [0.5, 0.6) is 11.5 Å². The lowest BCUT2D eigenvalue weighted by Crippen LogP contribution is -2.25. The van der Waals surface area contributed by atoms with Crippen LogP contribution in [-0.4, -0.2) is 37.4 Å². The summed E-state index contributed by atoms with van der Waals surface area (Å²) < 4.78 is 25.5. The van der Waals surface area contributed by atoms with Crippen molar-refractivity contribution in [1.82, 2.24) is 0 Å². The zero-order chi connectivity index (χ0) is 31.9. The van der Waals surface area contributed by atoms with Crippen molar-refractivity contribution in [1.29, 1.82) is 0 Å². The minimum absolute atomic E-state index is 0.187. The van der Waals surface area contributed by atoms with Gasteiger partial charge in [-0.2, -0.15) is 0 Å². The van der Waals surface area contributed by atoms with Crippen molar-refractivity contribution in [2.24, 2.45) is 0 Å². The molecule has 7 heteroatoms. The molecule has 45 heavy (non-hydrogen) atoms. The van der Waals surface area contributed by atoms with Crippen LogP contribution in [-0.2, 0) is 9.47 Å². The molecule has 0 aliphatic heterocycles. The van der Waals surface area contributed by atoms with Gasteiger partial charge in [0.15, 0.2) is 0 Å². The van der Waals surface area contributed by atoms with Gasteiger partial charge in [0.05, 0.1) is 11.1 Å². The Morgan fingerprint density at radius 2 is 1.02 bits per heavy atom. The Morgan fingerprint density at radius 1 is 0.600 bits per heavy atom. The summed E-state index contributed by atoms with van der Waals surface area (Å²) in [5.74, 6) is 0.613. The lowest BCUT2D eigenvalue weighted by molar-refractivity contribution is 0.0159. The Morgan fingerprint density at radius 3 is 1.47 bits per heavy atom. The van der Waals surface area contributed by atoms with Crippen LogP contribution in [0.1, 0.15) is 58.5 Å². The third-order valence-electron chi connectivity index (χ3n) is 7.75. The summed E-state index contributed by atoms with van der Waals surface area (Å²) in [7, 11) is 0. The first-order valence-corrected chi connectivity index (χ1v) is 16.0. The molecule has 0 heterocycles. The van der Waals surface area contributed by atoms with Gasteiger partial charge in [-0.25, -0.2) is 9.59 Å². The molecule has 0 saturated carbocycles. The van der Waals surface area contributed by atoms with Crippen molar-refractivity contribution in [3.05, 3.63) is 118 Å². The molecule has 0 fully saturated rings. The maximum absolute atomic E-state index is 12.8. The first kappa shape index (κ1) is 32.0. The van der Waals surface area contributed by atoms with Crippen LogP contribution in [0, 0.1) is 13.8 Å². The fraction of sp³-hybridized carbons (Fsp3) is 0.263. The molecule has 232 valence electrons. The SMILES string of the molecule is CCC(COc1c2ccccc2c(OCC(CC)OC(=O)c2ccc(C)cc2)c2cc(Br)ccc12)OC(=O)c1ccc(C)cc1. The Balaban J connectivity index is 1.40. The highest BCUT2D eigenvalue weighted by molar-refractivity contribution is 9.10. The summed E-state index contributed by atoms with van der Waals surface area (Å²) in [4.78, 5) is 25.7. The number of fused-ring (bicyclic) bond motifs is 2. The average molecular weight is 670 g/mol. The summed E-state index contributed by atoms with van der Waals surface area (Å²) in [6.45, 7) is 8.27. The summed E-state index contributed by atoms with van der Waals surface area (Å²) in [5, 5.41) is 3.44. The highest BCUT2D eigenvalue weighted by atomic mass is 79.9. The zero-order valence-corrected chi connectivity index (χ0v) is 27.6. The molecular weight excluding hydrogens is 632 g/mol. The van der Waals surface area contributed by atoms with E-state index in [0.29, 0.717) is 35.5 Å². The molecule has 6 nitrogen and oxygen atoms in total. The normalized spacial score (nSPS) is 12.5. The largest absolute Gasteiger partial charge is 0.488 e. The Hall–Kier alpha value is -4.36. The molecule has 0 aliphatic rings. The number of halogens is 1. The van der Waals surface area contributed by atoms with Crippen LogP contribution >= 0.6 is 15.9 Å². The van der Waals surface area contributed by atoms with Gasteiger partial charge < -0.3 is 18.9 Å². The van der Waals surface area contributed by atoms with Gasteiger partial charge in [0.2, 0.25) is 0 Å². The molecular formula is C38H37BrO6. The molecule has 0 bridgehead atoms. The summed E-state index contributed by atoms with van der Waals surface area (Å²) in [5.41, 5.74) is 3.17. The molecule has 0 radical (unpaired) electrons. The summed E-state index contributed by atoms with van der Waals surface area (Å²) >= 11 is 3.62. The summed E-state index contributed by atoms with van der Waals surface area (Å²) in [6, 6.07) is 28.5. The number of hydrogen-bond acceptors (Lipinski definition) is 6. The molecule has 2 unspecified atom stereocenters. The predicted molar refractivity (Wildman–Crippen MR) is 181 cm³/mol. The molecule has 2 atom stereocenters. The molecule has 0 saturated heterocycles. The van der Waals surface area contributed by atoms with Crippen LogP contribution in [0.2, 0.25) is 0 Å². The number of esters is 2. The van der Waals surface area contributed by atoms with Crippen molar-refractivity contribution in [3.63, 3.8) is 0 Å². The van der Waals surface area contributed by atoms with E-state index in [-0.39, 0.29) is 25.2 Å². The second kappa shape index (κ2) is 14.6. The van der Waals surface area contributed by atoms with Crippen molar-refractivity contribution >= 4 is 49.4 Å². The van der Waals surface area contributed by atoms with Crippen LogP contribution in [0.3, 0.4) is 0 Å². The summed E-state index contributed by atoms with van der Waals surface area (Å²) in [6.07, 6.45) is 0.314. The first-order valence-electron chi connectivity index (χ1n) is 15.2. The number of aryl methyl sites for hydroxylation is 2. The third-order valence-corrected chi connectivity index (χ3v) is 8.24. The van der Waals surface area contributed by atoms with Gasteiger partial charge in [-0.3, -0.25) is 0 Å². The van der Waals surface area contributed by atoms with Gasteiger partial charge in [0, 0.05) is 26.0 Å². The molecule has 0 amide bonds. The van der Waals surface area contributed by atoms with E-state index >= 15 is 0 Å². The minimum atomic E-state index is -0.441. The molecule has 5 aromatic rings. The second-order valence-electron chi connectivity index (χ2n) is 11.1. The lowest BCUT2D eigenvalue weighted by atomic mass is 10.0. The molecule has 5 rings (SSSR count). The third kappa shape index (κ3) is 7.66. The molecule has 0 aliphatic carbocycles. The second-order valence-corrected chi connectivity index (χ2v) is 12.0. The van der Waals surface area contributed by atoms with Gasteiger partial charge in [0.1, 0.15) is 36.9 Å². The van der Waals surface area contributed by atoms with Crippen molar-refractivity contribution in [2.45, 2.75) is 52.7 Å². The maximum atomic E-state index is 12.8. The van der Waals surface area contributed by atoms with E-state index in [1.54, 1.807) is 24.3 Å². The smallest absolute Gasteiger partial charge is 0.338 e. The molecule has 5 aromatic carbocycles. The number of carbonyl (C=O) groups is 2. The van der Waals surface area contributed by atoms with Crippen LogP contribution < -0.4 is 9.47 Å². The van der Waals surface area contributed by atoms with E-state index in [1.807, 2.05) is 94.4 Å². The molecule has 0 spiro atoms. The first-order chi connectivity index (χ1) is 21.8. The van der Waals surface area contributed by atoms with E-state index in [9.17, 15) is 9.59 Å². The highest BCUT2D eigenvalue weighted by Crippen LogP contribution is 2.44. The van der Waals surface area contributed by atoms with Gasteiger partial charge >= 0.3 is 11.9 Å². The van der Waals surface area contributed by atoms with Crippen molar-refractivity contribution < 1.29 is 28.5 Å². The predicted octanol–water partition coefficient (Wildman–Crippen LogP) is 9.40. The van der Waals surface area contributed by atoms with Crippen LogP contribution in [0.4, 0.5) is 0 Å². The average Bonchev–Trinajstić information content (AvgIpc) is 3.05. The van der Waals surface area contributed by atoms with E-state index in [4.69, 9.17) is 18.9 Å². The number of rotatable bonds is 12. The zero-order valence-electron chi connectivity index (χ0n) is 26.0. The molecule has 0 aromatic heterocycles. The topological polar surface area (TPSA) is 71.1 Å². The van der Waals surface area contributed by atoms with Crippen molar-refractivity contribution in [2.75, 3.05) is 13.2 Å². The van der Waals surface area contributed by atoms with Gasteiger partial charge in [-0.1, -0.05) is 89.4 Å². The quantitative estimate of drug-likeness (QED) is 0.0974. The number of carbonyl (C=O) groups excluding carboxylic acids is 2. The lowest BCUT2D eigenvalue weighted by Gasteiger charge is -2.22. The fourth-order valence-corrected chi connectivity index (χ4v) is 5.38. The van der Waals surface area contributed by atoms with Crippen LogP contribution in [0.25, 0.3) is 21.5 Å². The number of ether oxygens (including phenoxy) is 4. The van der Waals surface area contributed by atoms with Gasteiger partial charge in [-0.15, -0.1) is 0 Å². The standard InChI is InChI=1S/C38H37BrO6/c1-5-29(44-37(40)26-15-11-24(3)12-16-26)22-42-35-31-9-7-8-10-32(31)36(34-21-28(39)19-20-33(34)35)43-23-30(6-2)45-38(41)27-17-13-25(4)14-18-27/h7-21,29-30H,5-6,22-23H2,1-4H3. The Bertz CT molecular complexity index is 1800. The maximum Gasteiger partial charge on any atom is 0.338 e. The Kier molecular flexibility index (Phi) is 10.4. The van der Waals surface area contributed by atoms with E-state index in [0.717, 1.165) is 37.1 Å². The Labute approximate surface area is 272 Å². The monoisotopic (exact) mass is 668 g/mol. The van der Waals surface area contributed by atoms with E-state index in [2.05, 4.69) is 15.9 Å². The minimum Gasteiger partial charge on any atom is -0.488 e. The van der Waals surface area contributed by atoms with Crippen molar-refractivity contribution in [3.8, 4) is 11.5 Å². The van der Waals surface area contributed by atoms with Gasteiger partial charge in [-0.05, 0) is 69.2 Å². The number of benzene rings is 5.